The molecule has 1 saturated heterocycles. The quantitative estimate of drug-likeness (QED) is 0.720. The van der Waals surface area contributed by atoms with Crippen molar-refractivity contribution in [3.8, 4) is 0 Å². The van der Waals surface area contributed by atoms with E-state index in [-0.39, 0.29) is 0 Å². The topological polar surface area (TPSA) is 44.8 Å². The molecule has 2 heterocycles. The number of carbonyl (C=O) groups is 1. The maximum atomic E-state index is 12.0. The van der Waals surface area contributed by atoms with Crippen molar-refractivity contribution in [3.05, 3.63) is 46.2 Å². The molecule has 0 aromatic heterocycles. The summed E-state index contributed by atoms with van der Waals surface area (Å²) in [7, 11) is -2.71. The second-order valence-electron chi connectivity index (χ2n) is 4.92. The van der Waals surface area contributed by atoms with Crippen molar-refractivity contribution in [2.75, 3.05) is 0 Å². The van der Waals surface area contributed by atoms with Gasteiger partial charge >= 0.3 is 13.9 Å². The fourth-order valence-corrected chi connectivity index (χ4v) is 5.41. The first-order chi connectivity index (χ1) is 8.92. The molecule has 19 heavy (non-hydrogen) atoms. The van der Waals surface area contributed by atoms with Crippen molar-refractivity contribution >= 4 is 29.8 Å². The van der Waals surface area contributed by atoms with E-state index in [0.29, 0.717) is 0 Å². The molecule has 2 aliphatic heterocycles. The summed E-state index contributed by atoms with van der Waals surface area (Å²) in [5.74, 6) is 1.36. The van der Waals surface area contributed by atoms with Crippen LogP contribution in [0.4, 0.5) is 0 Å². The predicted molar refractivity (Wildman–Crippen MR) is 75.5 cm³/mol. The summed E-state index contributed by atoms with van der Waals surface area (Å²) in [4.78, 5) is 12.0. The summed E-state index contributed by atoms with van der Waals surface area (Å²) < 4.78 is 17.9. The molecule has 2 atom stereocenters. The Morgan fingerprint density at radius 3 is 2.53 bits per heavy atom. The maximum absolute atomic E-state index is 12.0. The Hall–Kier alpha value is -0.740. The highest BCUT2D eigenvalue weighted by Gasteiger charge is 2.66. The van der Waals surface area contributed by atoms with E-state index in [1.807, 2.05) is 44.2 Å². The summed E-state index contributed by atoms with van der Waals surface area (Å²) in [6.07, 6.45) is -0.708. The molecule has 2 unspecified atom stereocenters. The van der Waals surface area contributed by atoms with Gasteiger partial charge in [-0.25, -0.2) is 9.32 Å². The zero-order valence-corrected chi connectivity index (χ0v) is 13.0. The Kier molecular flexibility index (Phi) is 3.06. The lowest BCUT2D eigenvalue weighted by Gasteiger charge is -2.16. The van der Waals surface area contributed by atoms with Gasteiger partial charge in [-0.15, -0.1) is 4.52 Å². The molecule has 1 aromatic rings. The van der Waals surface area contributed by atoms with Crippen molar-refractivity contribution in [2.45, 2.75) is 25.6 Å². The molecular weight excluding hydrogens is 331 g/mol. The zero-order chi connectivity index (χ0) is 13.7. The van der Waals surface area contributed by atoms with Crippen LogP contribution in [0.1, 0.15) is 25.5 Å². The number of halogens is 1. The van der Waals surface area contributed by atoms with Crippen LogP contribution in [0.5, 0.6) is 0 Å². The van der Waals surface area contributed by atoms with Gasteiger partial charge in [-0.1, -0.05) is 30.3 Å². The van der Waals surface area contributed by atoms with Crippen LogP contribution in [0.3, 0.4) is 0 Å². The number of rotatable bonds is 1. The average molecular weight is 344 g/mol. The van der Waals surface area contributed by atoms with Gasteiger partial charge in [0.1, 0.15) is 5.60 Å². The molecule has 0 radical (unpaired) electrons. The molecule has 100 valence electrons. The molecular formula is C13H13BrO4P+. The second kappa shape index (κ2) is 4.38. The van der Waals surface area contributed by atoms with E-state index in [0.717, 1.165) is 10.0 Å². The Morgan fingerprint density at radius 2 is 1.95 bits per heavy atom. The molecule has 0 bridgehead atoms. The number of benzene rings is 1. The van der Waals surface area contributed by atoms with E-state index in [1.54, 1.807) is 5.82 Å². The van der Waals surface area contributed by atoms with Gasteiger partial charge in [-0.3, -0.25) is 0 Å². The summed E-state index contributed by atoms with van der Waals surface area (Å²) in [6, 6.07) is 9.29. The third-order valence-corrected chi connectivity index (χ3v) is 6.75. The van der Waals surface area contributed by atoms with Crippen LogP contribution < -0.4 is 0 Å². The average Bonchev–Trinajstić information content (AvgIpc) is 2.77. The van der Waals surface area contributed by atoms with Crippen LogP contribution in [0.25, 0.3) is 0 Å². The van der Waals surface area contributed by atoms with E-state index in [1.165, 1.54) is 0 Å². The smallest absolute Gasteiger partial charge is 0.243 e. The summed E-state index contributed by atoms with van der Waals surface area (Å²) in [5.41, 5.74) is 0.252. The van der Waals surface area contributed by atoms with Crippen molar-refractivity contribution in [1.82, 2.24) is 0 Å². The van der Waals surface area contributed by atoms with Crippen molar-refractivity contribution in [3.63, 3.8) is 0 Å². The second-order valence-corrected chi connectivity index (χ2v) is 7.69. The standard InChI is InChI=1S/C13H13BrO4P/c1-13(2)10(14)8-19(18-13)16-11(12(15)17-19)9-6-4-3-5-7-9/h3-8,11H,1-2H3/q+1. The van der Waals surface area contributed by atoms with Crippen molar-refractivity contribution in [2.24, 2.45) is 0 Å². The highest BCUT2D eigenvalue weighted by atomic mass is 79.9. The monoisotopic (exact) mass is 343 g/mol. The third kappa shape index (κ3) is 2.25. The lowest BCUT2D eigenvalue weighted by atomic mass is 10.1. The SMILES string of the molecule is CC1(C)O[P+]2(C=C1Br)OC(=O)C(c1ccccc1)O2. The maximum Gasteiger partial charge on any atom is 0.493 e. The van der Waals surface area contributed by atoms with Gasteiger partial charge in [-0.2, -0.15) is 4.52 Å². The highest BCUT2D eigenvalue weighted by molar-refractivity contribution is 9.11. The van der Waals surface area contributed by atoms with Gasteiger partial charge < -0.3 is 0 Å². The minimum atomic E-state index is -2.71. The lowest BCUT2D eigenvalue weighted by Crippen LogP contribution is -2.19. The van der Waals surface area contributed by atoms with Crippen molar-refractivity contribution in [1.29, 1.82) is 0 Å². The van der Waals surface area contributed by atoms with Crippen LogP contribution in [0.15, 0.2) is 40.6 Å². The fourth-order valence-electron chi connectivity index (χ4n) is 1.99. The molecule has 0 aliphatic carbocycles. The van der Waals surface area contributed by atoms with Crippen molar-refractivity contribution < 1.29 is 18.4 Å². The Morgan fingerprint density at radius 1 is 1.26 bits per heavy atom. The summed E-state index contributed by atoms with van der Waals surface area (Å²) in [6.45, 7) is 3.80. The van der Waals surface area contributed by atoms with Crippen LogP contribution in [-0.4, -0.2) is 11.6 Å². The van der Waals surface area contributed by atoms with Gasteiger partial charge in [-0.05, 0) is 35.3 Å². The summed E-state index contributed by atoms with van der Waals surface area (Å²) >= 11 is 3.43. The van der Waals surface area contributed by atoms with Crippen LogP contribution >= 0.6 is 23.9 Å². The molecule has 1 spiro atoms. The largest absolute Gasteiger partial charge is 0.493 e. The summed E-state index contributed by atoms with van der Waals surface area (Å²) in [5, 5.41) is 0. The zero-order valence-electron chi connectivity index (χ0n) is 10.5. The first-order valence-corrected chi connectivity index (χ1v) is 8.27. The normalized spacial score (nSPS) is 32.5. The first-order valence-electron chi connectivity index (χ1n) is 5.87. The van der Waals surface area contributed by atoms with E-state index in [4.69, 9.17) is 13.6 Å². The first kappa shape index (κ1) is 13.3. The lowest BCUT2D eigenvalue weighted by molar-refractivity contribution is -0.136. The predicted octanol–water partition coefficient (Wildman–Crippen LogP) is 4.11. The van der Waals surface area contributed by atoms with Crippen LogP contribution in [0.2, 0.25) is 0 Å². The molecule has 0 saturated carbocycles. The van der Waals surface area contributed by atoms with Gasteiger partial charge in [0.2, 0.25) is 6.10 Å². The van der Waals surface area contributed by atoms with Gasteiger partial charge in [0, 0.05) is 0 Å². The minimum absolute atomic E-state index is 0.395. The Balaban J connectivity index is 1.90. The molecule has 6 heteroatoms. The molecule has 0 N–H and O–H groups in total. The molecule has 4 nitrogen and oxygen atoms in total. The third-order valence-electron chi connectivity index (χ3n) is 2.99. The molecule has 0 amide bonds. The van der Waals surface area contributed by atoms with E-state index >= 15 is 0 Å². The molecule has 3 rings (SSSR count). The molecule has 1 fully saturated rings. The van der Waals surface area contributed by atoms with Gasteiger partial charge in [0.15, 0.2) is 5.82 Å². The minimum Gasteiger partial charge on any atom is -0.243 e. The number of hydrogen-bond donors (Lipinski definition) is 0. The Labute approximate surface area is 120 Å². The van der Waals surface area contributed by atoms with Gasteiger partial charge in [0.05, 0.1) is 4.48 Å². The fraction of sp³-hybridized carbons (Fsp3) is 0.308. The van der Waals surface area contributed by atoms with Crippen LogP contribution in [0, 0.1) is 0 Å². The van der Waals surface area contributed by atoms with Gasteiger partial charge in [0.25, 0.3) is 0 Å². The van der Waals surface area contributed by atoms with E-state index in [9.17, 15) is 4.79 Å². The van der Waals surface area contributed by atoms with E-state index in [2.05, 4.69) is 15.9 Å². The van der Waals surface area contributed by atoms with E-state index < -0.39 is 25.6 Å². The number of hydrogen-bond acceptors (Lipinski definition) is 4. The highest BCUT2D eigenvalue weighted by Crippen LogP contribution is 2.77. The van der Waals surface area contributed by atoms with Crippen LogP contribution in [-0.2, 0) is 18.4 Å². The number of carbonyl (C=O) groups excluding carboxylic acids is 1. The molecule has 2 aliphatic rings. The Bertz CT molecular complexity index is 557. The molecule has 1 aromatic carbocycles.